The molecule has 0 aliphatic carbocycles. The summed E-state index contributed by atoms with van der Waals surface area (Å²) >= 11 is 0. The smallest absolute Gasteiger partial charge is 0.394 e. The topological polar surface area (TPSA) is 119 Å². The van der Waals surface area contributed by atoms with E-state index < -0.39 is 49.3 Å². The van der Waals surface area contributed by atoms with E-state index in [-0.39, 0.29) is 0 Å². The minimum atomic E-state index is -5.20. The number of amides is 1. The molecule has 0 aromatic heterocycles. The lowest BCUT2D eigenvalue weighted by atomic mass is 9.97. The summed E-state index contributed by atoms with van der Waals surface area (Å²) in [4.78, 5) is 10.6. The van der Waals surface area contributed by atoms with Crippen LogP contribution in [0, 0.1) is 0 Å². The predicted octanol–water partition coefficient (Wildman–Crippen LogP) is -2.54. The van der Waals surface area contributed by atoms with Gasteiger partial charge in [-0.2, -0.15) is 13.2 Å². The van der Waals surface area contributed by atoms with Gasteiger partial charge in [-0.05, 0) is 0 Å². The fraction of sp³-hybridized carbons (Fsp3) is 0.875. The SMILES string of the molecule is O=C(N[C@@H]1C(O)OC(CO)C(O)[C@H]1O)C(F)(F)F. The van der Waals surface area contributed by atoms with Gasteiger partial charge < -0.3 is 30.5 Å². The molecule has 5 N–H and O–H groups in total. The van der Waals surface area contributed by atoms with Crippen molar-refractivity contribution in [3.8, 4) is 0 Å². The number of aliphatic hydroxyl groups excluding tert-OH is 4. The molecule has 1 rings (SSSR count). The monoisotopic (exact) mass is 275 g/mol. The molecule has 1 saturated heterocycles. The Hall–Kier alpha value is -0.940. The minimum Gasteiger partial charge on any atom is -0.394 e. The lowest BCUT2D eigenvalue weighted by molar-refractivity contribution is -0.256. The third-order valence-corrected chi connectivity index (χ3v) is 2.46. The van der Waals surface area contributed by atoms with Crippen LogP contribution in [0.15, 0.2) is 0 Å². The summed E-state index contributed by atoms with van der Waals surface area (Å²) in [5.41, 5.74) is 0. The third kappa shape index (κ3) is 3.09. The van der Waals surface area contributed by atoms with Gasteiger partial charge in [-0.3, -0.25) is 4.79 Å². The second kappa shape index (κ2) is 5.36. The van der Waals surface area contributed by atoms with Crippen LogP contribution >= 0.6 is 0 Å². The molecule has 3 unspecified atom stereocenters. The lowest BCUT2D eigenvalue weighted by Gasteiger charge is -2.40. The van der Waals surface area contributed by atoms with E-state index in [1.165, 1.54) is 5.32 Å². The molecule has 0 radical (unpaired) electrons. The van der Waals surface area contributed by atoms with Crippen molar-refractivity contribution in [3.05, 3.63) is 0 Å². The van der Waals surface area contributed by atoms with E-state index in [2.05, 4.69) is 4.74 Å². The molecule has 7 nitrogen and oxygen atoms in total. The summed E-state index contributed by atoms with van der Waals surface area (Å²) < 4.78 is 40.5. The summed E-state index contributed by atoms with van der Waals surface area (Å²) in [5, 5.41) is 38.1. The highest BCUT2D eigenvalue weighted by Crippen LogP contribution is 2.21. The molecule has 0 aromatic carbocycles. The summed E-state index contributed by atoms with van der Waals surface area (Å²) in [6, 6.07) is -1.85. The Morgan fingerprint density at radius 3 is 2.22 bits per heavy atom. The maximum absolute atomic E-state index is 12.0. The van der Waals surface area contributed by atoms with Crippen molar-refractivity contribution in [2.24, 2.45) is 0 Å². The second-order valence-corrected chi connectivity index (χ2v) is 3.73. The van der Waals surface area contributed by atoms with Gasteiger partial charge in [-0.1, -0.05) is 0 Å². The standard InChI is InChI=1S/C8H12F3NO6/c9-8(10,11)7(17)12-3-5(15)4(14)2(1-13)18-6(3)16/h2-6,13-16H,1H2,(H,12,17)/t2?,3-,4?,5-,6?/m0/s1. The van der Waals surface area contributed by atoms with E-state index in [0.717, 1.165) is 0 Å². The van der Waals surface area contributed by atoms with Crippen molar-refractivity contribution in [3.63, 3.8) is 0 Å². The highest BCUT2D eigenvalue weighted by Gasteiger charge is 2.48. The van der Waals surface area contributed by atoms with Crippen LogP contribution in [0.4, 0.5) is 13.2 Å². The lowest BCUT2D eigenvalue weighted by Crippen LogP contribution is -2.65. The normalized spacial score (nSPS) is 37.4. The highest BCUT2D eigenvalue weighted by molar-refractivity contribution is 5.82. The Morgan fingerprint density at radius 2 is 1.78 bits per heavy atom. The van der Waals surface area contributed by atoms with Crippen molar-refractivity contribution in [1.82, 2.24) is 5.32 Å². The fourth-order valence-corrected chi connectivity index (χ4v) is 1.49. The van der Waals surface area contributed by atoms with E-state index in [0.29, 0.717) is 0 Å². The van der Waals surface area contributed by atoms with Crippen molar-refractivity contribution in [2.75, 3.05) is 6.61 Å². The van der Waals surface area contributed by atoms with E-state index >= 15 is 0 Å². The zero-order chi connectivity index (χ0) is 14.1. The Labute approximate surface area is 98.8 Å². The molecular formula is C8H12F3NO6. The summed E-state index contributed by atoms with van der Waals surface area (Å²) in [5.74, 6) is -2.39. The molecule has 0 saturated carbocycles. The molecule has 10 heteroatoms. The number of carbonyl (C=O) groups is 1. The first-order valence-corrected chi connectivity index (χ1v) is 4.86. The molecule has 0 bridgehead atoms. The molecule has 1 amide bonds. The first-order chi connectivity index (χ1) is 8.18. The molecule has 106 valence electrons. The van der Waals surface area contributed by atoms with Crippen LogP contribution in [-0.4, -0.2) is 69.8 Å². The van der Waals surface area contributed by atoms with Gasteiger partial charge >= 0.3 is 12.1 Å². The molecule has 0 aromatic rings. The minimum absolute atomic E-state index is 0.755. The van der Waals surface area contributed by atoms with Gasteiger partial charge in [0.05, 0.1) is 6.61 Å². The number of nitrogens with one attached hydrogen (secondary N) is 1. The quantitative estimate of drug-likeness (QED) is 0.379. The van der Waals surface area contributed by atoms with Crippen LogP contribution in [-0.2, 0) is 9.53 Å². The molecule has 5 atom stereocenters. The number of carbonyl (C=O) groups excluding carboxylic acids is 1. The average molecular weight is 275 g/mol. The summed E-state index contributed by atoms with van der Waals surface area (Å²) in [7, 11) is 0. The molecule has 1 aliphatic rings. The van der Waals surface area contributed by atoms with Gasteiger partial charge in [0.25, 0.3) is 0 Å². The second-order valence-electron chi connectivity index (χ2n) is 3.73. The molecule has 0 spiro atoms. The number of aliphatic hydroxyl groups is 4. The Morgan fingerprint density at radius 1 is 1.22 bits per heavy atom. The molecule has 1 fully saturated rings. The van der Waals surface area contributed by atoms with Crippen LogP contribution in [0.25, 0.3) is 0 Å². The first-order valence-electron chi connectivity index (χ1n) is 4.86. The van der Waals surface area contributed by atoms with Gasteiger partial charge in [0.1, 0.15) is 24.4 Å². The summed E-state index contributed by atoms with van der Waals surface area (Å²) in [6.45, 7) is -0.755. The number of ether oxygens (including phenoxy) is 1. The zero-order valence-electron chi connectivity index (χ0n) is 8.83. The number of hydrogen-bond acceptors (Lipinski definition) is 6. The Kier molecular flexibility index (Phi) is 4.50. The predicted molar refractivity (Wildman–Crippen MR) is 48.0 cm³/mol. The van der Waals surface area contributed by atoms with Crippen LogP contribution in [0.3, 0.4) is 0 Å². The molecular weight excluding hydrogens is 263 g/mol. The van der Waals surface area contributed by atoms with Gasteiger partial charge in [-0.15, -0.1) is 0 Å². The number of hydrogen-bond donors (Lipinski definition) is 5. The van der Waals surface area contributed by atoms with Crippen molar-refractivity contribution >= 4 is 5.91 Å². The maximum atomic E-state index is 12.0. The average Bonchev–Trinajstić information content (AvgIpc) is 2.27. The number of rotatable bonds is 2. The van der Waals surface area contributed by atoms with E-state index in [4.69, 9.17) is 5.11 Å². The Balaban J connectivity index is 2.74. The van der Waals surface area contributed by atoms with Gasteiger partial charge in [0.15, 0.2) is 6.29 Å². The van der Waals surface area contributed by atoms with Crippen LogP contribution in [0.1, 0.15) is 0 Å². The van der Waals surface area contributed by atoms with Gasteiger partial charge in [-0.25, -0.2) is 0 Å². The largest absolute Gasteiger partial charge is 0.471 e. The van der Waals surface area contributed by atoms with Gasteiger partial charge in [0, 0.05) is 0 Å². The number of alkyl halides is 3. The molecule has 18 heavy (non-hydrogen) atoms. The first kappa shape index (κ1) is 15.1. The van der Waals surface area contributed by atoms with Crippen LogP contribution < -0.4 is 5.32 Å². The summed E-state index contributed by atoms with van der Waals surface area (Å²) in [6.07, 6.45) is -12.2. The van der Waals surface area contributed by atoms with Gasteiger partial charge in [0.2, 0.25) is 0 Å². The van der Waals surface area contributed by atoms with E-state index in [1.54, 1.807) is 0 Å². The number of halogens is 3. The third-order valence-electron chi connectivity index (χ3n) is 2.46. The molecule has 1 heterocycles. The van der Waals surface area contributed by atoms with Crippen molar-refractivity contribution < 1.29 is 43.1 Å². The van der Waals surface area contributed by atoms with Crippen LogP contribution in [0.5, 0.6) is 0 Å². The zero-order valence-corrected chi connectivity index (χ0v) is 8.83. The van der Waals surface area contributed by atoms with E-state index in [1.807, 2.05) is 0 Å². The fourth-order valence-electron chi connectivity index (χ4n) is 1.49. The van der Waals surface area contributed by atoms with Crippen LogP contribution in [0.2, 0.25) is 0 Å². The van der Waals surface area contributed by atoms with E-state index in [9.17, 15) is 33.3 Å². The molecule has 1 aliphatic heterocycles. The van der Waals surface area contributed by atoms with Crippen molar-refractivity contribution in [1.29, 1.82) is 0 Å². The Bertz CT molecular complexity index is 312. The maximum Gasteiger partial charge on any atom is 0.471 e. The van der Waals surface area contributed by atoms with Crippen molar-refractivity contribution in [2.45, 2.75) is 36.8 Å². The highest BCUT2D eigenvalue weighted by atomic mass is 19.4.